The molecule has 0 amide bonds. The highest BCUT2D eigenvalue weighted by Gasteiger charge is 2.07. The molecule has 1 N–H and O–H groups in total. The van der Waals surface area contributed by atoms with E-state index in [0.717, 1.165) is 32.4 Å². The van der Waals surface area contributed by atoms with Gasteiger partial charge in [-0.15, -0.1) is 0 Å². The molecule has 0 bridgehead atoms. The summed E-state index contributed by atoms with van der Waals surface area (Å²) < 4.78 is 5.10. The molecule has 0 aromatic carbocycles. The largest absolute Gasteiger partial charge is 0.385 e. The van der Waals surface area contributed by atoms with Gasteiger partial charge in [-0.1, -0.05) is 26.0 Å². The molecule has 0 saturated carbocycles. The lowest BCUT2D eigenvalue weighted by Crippen LogP contribution is -2.31. The minimum atomic E-state index is 0.544. The monoisotopic (exact) mass is 199 g/mol. The molecule has 0 fully saturated rings. The summed E-state index contributed by atoms with van der Waals surface area (Å²) in [6, 6.07) is 0.544. The second kappa shape index (κ2) is 9.22. The van der Waals surface area contributed by atoms with Crippen molar-refractivity contribution in [3.05, 3.63) is 12.2 Å². The van der Waals surface area contributed by atoms with Gasteiger partial charge in [-0.3, -0.25) is 0 Å². The maximum absolute atomic E-state index is 5.10. The van der Waals surface area contributed by atoms with Gasteiger partial charge < -0.3 is 10.1 Å². The third-order valence-corrected chi connectivity index (χ3v) is 2.39. The minimum Gasteiger partial charge on any atom is -0.385 e. The molecule has 0 aliphatic rings. The molecule has 0 aliphatic carbocycles. The van der Waals surface area contributed by atoms with E-state index in [0.29, 0.717) is 6.04 Å². The van der Waals surface area contributed by atoms with Gasteiger partial charge in [0.25, 0.3) is 0 Å². The Labute approximate surface area is 88.7 Å². The summed E-state index contributed by atoms with van der Waals surface area (Å²) in [6.45, 7) is 10.3. The topological polar surface area (TPSA) is 21.3 Å². The van der Waals surface area contributed by atoms with Crippen LogP contribution in [0.3, 0.4) is 0 Å². The number of hydrogen-bond acceptors (Lipinski definition) is 2. The Hall–Kier alpha value is -0.340. The Bertz CT molecular complexity index is 137. The van der Waals surface area contributed by atoms with Gasteiger partial charge in [0.05, 0.1) is 0 Å². The first-order chi connectivity index (χ1) is 6.74. The van der Waals surface area contributed by atoms with Crippen molar-refractivity contribution in [2.45, 2.75) is 45.6 Å². The lowest BCUT2D eigenvalue weighted by atomic mass is 10.0. The van der Waals surface area contributed by atoms with E-state index in [9.17, 15) is 0 Å². The van der Waals surface area contributed by atoms with E-state index in [-0.39, 0.29) is 0 Å². The molecule has 0 saturated heterocycles. The van der Waals surface area contributed by atoms with Crippen molar-refractivity contribution in [3.63, 3.8) is 0 Å². The second-order valence-electron chi connectivity index (χ2n) is 3.74. The Balaban J connectivity index is 3.77. The summed E-state index contributed by atoms with van der Waals surface area (Å²) in [5, 5.41) is 3.53. The maximum atomic E-state index is 5.10. The van der Waals surface area contributed by atoms with Crippen LogP contribution in [0, 0.1) is 0 Å². The number of rotatable bonds is 9. The molecule has 0 spiro atoms. The first-order valence-electron chi connectivity index (χ1n) is 5.63. The third kappa shape index (κ3) is 7.10. The minimum absolute atomic E-state index is 0.544. The summed E-state index contributed by atoms with van der Waals surface area (Å²) in [5.74, 6) is 0. The fraction of sp³-hybridized carbons (Fsp3) is 0.833. The van der Waals surface area contributed by atoms with Crippen LogP contribution in [-0.2, 0) is 4.74 Å². The first kappa shape index (κ1) is 13.7. The van der Waals surface area contributed by atoms with Gasteiger partial charge in [0.1, 0.15) is 0 Å². The van der Waals surface area contributed by atoms with Crippen LogP contribution in [0.1, 0.15) is 39.5 Å². The molecule has 14 heavy (non-hydrogen) atoms. The highest BCUT2D eigenvalue weighted by atomic mass is 16.5. The van der Waals surface area contributed by atoms with E-state index in [2.05, 4.69) is 25.7 Å². The quantitative estimate of drug-likeness (QED) is 0.577. The highest BCUT2D eigenvalue weighted by Crippen LogP contribution is 2.09. The highest BCUT2D eigenvalue weighted by molar-refractivity contribution is 4.96. The van der Waals surface area contributed by atoms with E-state index >= 15 is 0 Å². The van der Waals surface area contributed by atoms with Crippen molar-refractivity contribution >= 4 is 0 Å². The summed E-state index contributed by atoms with van der Waals surface area (Å²) in [6.07, 6.45) is 4.43. The normalized spacial score (nSPS) is 12.8. The van der Waals surface area contributed by atoms with E-state index in [4.69, 9.17) is 4.74 Å². The van der Waals surface area contributed by atoms with Crippen molar-refractivity contribution in [2.75, 3.05) is 20.3 Å². The van der Waals surface area contributed by atoms with Crippen molar-refractivity contribution < 1.29 is 4.74 Å². The summed E-state index contributed by atoms with van der Waals surface area (Å²) in [4.78, 5) is 0. The molecule has 2 nitrogen and oxygen atoms in total. The lowest BCUT2D eigenvalue weighted by Gasteiger charge is -2.18. The standard InChI is InChI=1S/C12H25NO/c1-5-8-13-12(7-9-14-4)10-11(3)6-2/h12-13H,3,5-10H2,1-2,4H3. The van der Waals surface area contributed by atoms with Gasteiger partial charge in [0.2, 0.25) is 0 Å². The second-order valence-corrected chi connectivity index (χ2v) is 3.74. The van der Waals surface area contributed by atoms with Gasteiger partial charge in [0, 0.05) is 19.8 Å². The summed E-state index contributed by atoms with van der Waals surface area (Å²) in [5.41, 5.74) is 1.33. The third-order valence-electron chi connectivity index (χ3n) is 2.39. The van der Waals surface area contributed by atoms with E-state index in [1.54, 1.807) is 7.11 Å². The van der Waals surface area contributed by atoms with Crippen molar-refractivity contribution in [2.24, 2.45) is 0 Å². The maximum Gasteiger partial charge on any atom is 0.0477 e. The fourth-order valence-corrected chi connectivity index (χ4v) is 1.38. The molecule has 0 rings (SSSR count). The Morgan fingerprint density at radius 2 is 2.14 bits per heavy atom. The molecule has 0 radical (unpaired) electrons. The zero-order valence-electron chi connectivity index (χ0n) is 9.94. The smallest absolute Gasteiger partial charge is 0.0477 e. The fourth-order valence-electron chi connectivity index (χ4n) is 1.38. The van der Waals surface area contributed by atoms with Crippen LogP contribution in [0.5, 0.6) is 0 Å². The van der Waals surface area contributed by atoms with E-state index < -0.39 is 0 Å². The van der Waals surface area contributed by atoms with Crippen molar-refractivity contribution in [3.8, 4) is 0 Å². The predicted molar refractivity (Wildman–Crippen MR) is 62.6 cm³/mol. The van der Waals surface area contributed by atoms with Crippen LogP contribution in [0.4, 0.5) is 0 Å². The zero-order chi connectivity index (χ0) is 10.8. The molecule has 84 valence electrons. The Morgan fingerprint density at radius 1 is 1.43 bits per heavy atom. The SMILES string of the molecule is C=C(CC)CC(CCOC)NCCC. The zero-order valence-corrected chi connectivity index (χ0v) is 9.94. The predicted octanol–water partition coefficient (Wildman–Crippen LogP) is 2.75. The average Bonchev–Trinajstić information content (AvgIpc) is 2.21. The van der Waals surface area contributed by atoms with Gasteiger partial charge in [0.15, 0.2) is 0 Å². The summed E-state index contributed by atoms with van der Waals surface area (Å²) in [7, 11) is 1.76. The first-order valence-corrected chi connectivity index (χ1v) is 5.63. The molecule has 0 aromatic rings. The average molecular weight is 199 g/mol. The number of methoxy groups -OCH3 is 1. The molecular weight excluding hydrogens is 174 g/mol. The molecule has 0 aliphatic heterocycles. The van der Waals surface area contributed by atoms with Gasteiger partial charge in [-0.05, 0) is 32.2 Å². The van der Waals surface area contributed by atoms with Gasteiger partial charge in [-0.25, -0.2) is 0 Å². The van der Waals surface area contributed by atoms with Crippen LogP contribution in [0.2, 0.25) is 0 Å². The van der Waals surface area contributed by atoms with E-state index in [1.165, 1.54) is 12.0 Å². The summed E-state index contributed by atoms with van der Waals surface area (Å²) >= 11 is 0. The van der Waals surface area contributed by atoms with Crippen molar-refractivity contribution in [1.29, 1.82) is 0 Å². The van der Waals surface area contributed by atoms with Gasteiger partial charge in [-0.2, -0.15) is 0 Å². The van der Waals surface area contributed by atoms with Crippen molar-refractivity contribution in [1.82, 2.24) is 5.32 Å². The molecule has 2 heteroatoms. The van der Waals surface area contributed by atoms with Crippen LogP contribution in [0.15, 0.2) is 12.2 Å². The molecule has 1 atom stereocenters. The molecule has 0 heterocycles. The molecule has 0 aromatic heterocycles. The van der Waals surface area contributed by atoms with Crippen LogP contribution >= 0.6 is 0 Å². The lowest BCUT2D eigenvalue weighted by molar-refractivity contribution is 0.182. The molecular formula is C12H25NO. The van der Waals surface area contributed by atoms with E-state index in [1.807, 2.05) is 0 Å². The van der Waals surface area contributed by atoms with Crippen LogP contribution in [-0.4, -0.2) is 26.3 Å². The van der Waals surface area contributed by atoms with Crippen LogP contribution in [0.25, 0.3) is 0 Å². The number of hydrogen-bond donors (Lipinski definition) is 1. The number of ether oxygens (including phenoxy) is 1. The van der Waals surface area contributed by atoms with Gasteiger partial charge >= 0.3 is 0 Å². The van der Waals surface area contributed by atoms with Crippen LogP contribution < -0.4 is 5.32 Å². The molecule has 1 unspecified atom stereocenters. The Morgan fingerprint density at radius 3 is 2.64 bits per heavy atom. The Kier molecular flexibility index (Phi) is 9.00. The number of nitrogens with one attached hydrogen (secondary N) is 1.